The van der Waals surface area contributed by atoms with Crippen molar-refractivity contribution < 1.29 is 0 Å². The van der Waals surface area contributed by atoms with Crippen LogP contribution in [0.1, 0.15) is 51.4 Å². The minimum Gasteiger partial charge on any atom is -0.556 e. The van der Waals surface area contributed by atoms with Crippen molar-refractivity contribution in [1.29, 1.82) is 0 Å². The molecule has 0 bridgehead atoms. The molecule has 100 valence electrons. The highest BCUT2D eigenvalue weighted by molar-refractivity contribution is 8.42. The first-order chi connectivity index (χ1) is 8.29. The van der Waals surface area contributed by atoms with E-state index in [1.165, 1.54) is 89.5 Å². The van der Waals surface area contributed by atoms with Crippen molar-refractivity contribution in [1.82, 2.24) is 4.90 Å². The number of unbranched alkanes of at least 4 members (excludes halogenated alkanes) is 1. The summed E-state index contributed by atoms with van der Waals surface area (Å²) in [4.78, 5) is 2.67. The van der Waals surface area contributed by atoms with Gasteiger partial charge in [0.25, 0.3) is 0 Å². The molecular formula is C14H28NPS. The first-order valence-corrected chi connectivity index (χ1v) is 10.9. The number of rotatable bonds is 5. The average Bonchev–Trinajstić information content (AvgIpc) is 2.37. The third-order valence-corrected chi connectivity index (χ3v) is 9.41. The van der Waals surface area contributed by atoms with Gasteiger partial charge in [-0.15, -0.1) is 6.46 Å². The Labute approximate surface area is 113 Å². The molecule has 2 fully saturated rings. The third-order valence-electron chi connectivity index (χ3n) is 4.37. The Morgan fingerprint density at radius 1 is 0.824 bits per heavy atom. The molecule has 0 radical (unpaired) electrons. The molecule has 2 aliphatic heterocycles. The molecule has 0 aromatic rings. The average molecular weight is 273 g/mol. The summed E-state index contributed by atoms with van der Waals surface area (Å²) in [6.45, 7) is 3.18. The molecule has 3 heteroatoms. The predicted molar refractivity (Wildman–Crippen MR) is 82.3 cm³/mol. The standard InChI is InChI=1S/C14H28NPS/c17-16(12-6-2-7-13-16)14-8-5-11-15-9-3-1-4-10-15/h1-14H2. The van der Waals surface area contributed by atoms with Crippen LogP contribution < -0.4 is 0 Å². The van der Waals surface area contributed by atoms with E-state index in [2.05, 4.69) is 4.90 Å². The van der Waals surface area contributed by atoms with E-state index in [4.69, 9.17) is 12.2 Å². The number of piperidine rings is 1. The van der Waals surface area contributed by atoms with Crippen LogP contribution in [0.5, 0.6) is 0 Å². The number of hydrogen-bond donors (Lipinski definition) is 0. The number of nitrogens with zero attached hydrogens (tertiary/aromatic N) is 1. The van der Waals surface area contributed by atoms with Crippen LogP contribution in [-0.4, -0.2) is 43.0 Å². The maximum atomic E-state index is 5.92. The lowest BCUT2D eigenvalue weighted by molar-refractivity contribution is 0.226. The van der Waals surface area contributed by atoms with Crippen LogP contribution in [0.15, 0.2) is 0 Å². The zero-order valence-electron chi connectivity index (χ0n) is 11.2. The maximum Gasteiger partial charge on any atom is 0.0399 e. The Morgan fingerprint density at radius 3 is 2.18 bits per heavy atom. The Balaban J connectivity index is 1.55. The Hall–Kier alpha value is 0.740. The van der Waals surface area contributed by atoms with E-state index in [-0.39, 0.29) is 0 Å². The highest BCUT2D eigenvalue weighted by Crippen LogP contribution is 2.60. The highest BCUT2D eigenvalue weighted by Gasteiger charge is 2.25. The van der Waals surface area contributed by atoms with Gasteiger partial charge in [-0.2, -0.15) is 0 Å². The second-order valence-corrected chi connectivity index (χ2v) is 11.7. The SMILES string of the molecule is [S-][P+]1(CCCCN2CCCCC2)CCCCC1. The molecule has 2 aliphatic rings. The van der Waals surface area contributed by atoms with E-state index in [1.54, 1.807) is 0 Å². The van der Waals surface area contributed by atoms with Gasteiger partial charge >= 0.3 is 0 Å². The second-order valence-electron chi connectivity index (χ2n) is 5.90. The summed E-state index contributed by atoms with van der Waals surface area (Å²) in [5.74, 6) is 0. The molecule has 0 aromatic heterocycles. The zero-order chi connectivity index (χ0) is 12.0. The smallest absolute Gasteiger partial charge is 0.0399 e. The minimum absolute atomic E-state index is 0.868. The number of hydrogen-bond acceptors (Lipinski definition) is 2. The Morgan fingerprint density at radius 2 is 1.47 bits per heavy atom. The molecule has 0 atom stereocenters. The second kappa shape index (κ2) is 7.36. The summed E-state index contributed by atoms with van der Waals surface area (Å²) in [6, 6.07) is 0. The van der Waals surface area contributed by atoms with Crippen molar-refractivity contribution in [3.63, 3.8) is 0 Å². The van der Waals surface area contributed by atoms with Gasteiger partial charge in [-0.25, -0.2) is 0 Å². The highest BCUT2D eigenvalue weighted by atomic mass is 32.7. The molecule has 0 N–H and O–H groups in total. The van der Waals surface area contributed by atoms with Crippen LogP contribution in [0.25, 0.3) is 0 Å². The van der Waals surface area contributed by atoms with E-state index in [0.717, 1.165) is 0 Å². The molecule has 17 heavy (non-hydrogen) atoms. The van der Waals surface area contributed by atoms with Crippen LogP contribution in [0.4, 0.5) is 0 Å². The summed E-state index contributed by atoms with van der Waals surface area (Å²) < 4.78 is 0. The fourth-order valence-electron chi connectivity index (χ4n) is 3.23. The van der Waals surface area contributed by atoms with Crippen molar-refractivity contribution in [3.8, 4) is 0 Å². The van der Waals surface area contributed by atoms with E-state index < -0.39 is 6.46 Å². The Bertz CT molecular complexity index is 210. The molecule has 0 spiro atoms. The first kappa shape index (κ1) is 14.2. The van der Waals surface area contributed by atoms with Crippen molar-refractivity contribution in [2.45, 2.75) is 51.4 Å². The normalized spacial score (nSPS) is 25.9. The monoisotopic (exact) mass is 273 g/mol. The van der Waals surface area contributed by atoms with Crippen molar-refractivity contribution in [2.24, 2.45) is 0 Å². The fraction of sp³-hybridized carbons (Fsp3) is 1.00. The molecular weight excluding hydrogens is 245 g/mol. The summed E-state index contributed by atoms with van der Waals surface area (Å²) in [5.41, 5.74) is 0. The van der Waals surface area contributed by atoms with E-state index in [1.807, 2.05) is 0 Å². The lowest BCUT2D eigenvalue weighted by Gasteiger charge is -2.37. The molecule has 2 heterocycles. The van der Waals surface area contributed by atoms with Gasteiger partial charge in [-0.3, -0.25) is 0 Å². The van der Waals surface area contributed by atoms with Gasteiger partial charge in [-0.1, -0.05) is 6.42 Å². The zero-order valence-corrected chi connectivity index (χ0v) is 12.9. The molecule has 0 amide bonds. The summed E-state index contributed by atoms with van der Waals surface area (Å²) >= 11 is 5.92. The molecule has 2 rings (SSSR count). The quantitative estimate of drug-likeness (QED) is 0.424. The minimum atomic E-state index is -0.868. The van der Waals surface area contributed by atoms with Gasteiger partial charge in [0.1, 0.15) is 0 Å². The van der Waals surface area contributed by atoms with Gasteiger partial charge in [0.05, 0.1) is 0 Å². The van der Waals surface area contributed by atoms with Crippen molar-refractivity contribution in [2.75, 3.05) is 38.1 Å². The fourth-order valence-corrected chi connectivity index (χ4v) is 7.46. The predicted octanol–water partition coefficient (Wildman–Crippen LogP) is 3.92. The molecule has 0 saturated carbocycles. The van der Waals surface area contributed by atoms with Crippen LogP contribution in [0.3, 0.4) is 0 Å². The van der Waals surface area contributed by atoms with E-state index in [0.29, 0.717) is 0 Å². The van der Waals surface area contributed by atoms with E-state index >= 15 is 0 Å². The van der Waals surface area contributed by atoms with Gasteiger partial charge in [0, 0.05) is 18.5 Å². The molecule has 0 aliphatic carbocycles. The molecule has 2 saturated heterocycles. The Kier molecular flexibility index (Phi) is 6.13. The van der Waals surface area contributed by atoms with Crippen LogP contribution >= 0.6 is 6.46 Å². The molecule has 0 aromatic carbocycles. The van der Waals surface area contributed by atoms with E-state index in [9.17, 15) is 0 Å². The van der Waals surface area contributed by atoms with Gasteiger partial charge in [0.2, 0.25) is 0 Å². The van der Waals surface area contributed by atoms with Gasteiger partial charge in [0.15, 0.2) is 0 Å². The van der Waals surface area contributed by atoms with Crippen LogP contribution in [0.2, 0.25) is 0 Å². The van der Waals surface area contributed by atoms with Gasteiger partial charge in [-0.05, 0) is 64.6 Å². The van der Waals surface area contributed by atoms with Crippen molar-refractivity contribution in [3.05, 3.63) is 0 Å². The van der Waals surface area contributed by atoms with Crippen molar-refractivity contribution >= 4 is 18.7 Å². The molecule has 0 unspecified atom stereocenters. The largest absolute Gasteiger partial charge is 0.556 e. The number of likely N-dealkylation sites (tertiary alicyclic amines) is 1. The van der Waals surface area contributed by atoms with Crippen LogP contribution in [-0.2, 0) is 12.2 Å². The maximum absolute atomic E-state index is 5.92. The van der Waals surface area contributed by atoms with Crippen LogP contribution in [0, 0.1) is 0 Å². The summed E-state index contributed by atoms with van der Waals surface area (Å²) in [6.07, 6.45) is 15.7. The topological polar surface area (TPSA) is 3.24 Å². The molecule has 1 nitrogen and oxygen atoms in total. The third kappa shape index (κ3) is 5.09. The summed E-state index contributed by atoms with van der Waals surface area (Å²) in [5, 5.41) is 0. The summed E-state index contributed by atoms with van der Waals surface area (Å²) in [7, 11) is 0. The van der Waals surface area contributed by atoms with Gasteiger partial charge < -0.3 is 17.1 Å². The lowest BCUT2D eigenvalue weighted by atomic mass is 10.1. The first-order valence-electron chi connectivity index (χ1n) is 7.58. The lowest BCUT2D eigenvalue weighted by Crippen LogP contribution is -2.30.